The Morgan fingerprint density at radius 2 is 0.750 bits per heavy atom. The fourth-order valence-electron chi connectivity index (χ4n) is 2.21. The molecule has 0 fully saturated rings. The topological polar surface area (TPSA) is 198 Å². The lowest BCUT2D eigenvalue weighted by molar-refractivity contribution is 0.504. The third kappa shape index (κ3) is 12.1. The van der Waals surface area contributed by atoms with Crippen molar-refractivity contribution < 1.29 is 8.83 Å². The van der Waals surface area contributed by atoms with Crippen molar-refractivity contribution in [3.63, 3.8) is 0 Å². The smallest absolute Gasteiger partial charge is 0.284 e. The van der Waals surface area contributed by atoms with Crippen LogP contribution in [0.1, 0.15) is 31.8 Å². The van der Waals surface area contributed by atoms with Crippen LogP contribution >= 0.6 is 119 Å². The third-order valence-corrected chi connectivity index (χ3v) is 8.33. The number of aromatic amines is 6. The van der Waals surface area contributed by atoms with E-state index in [0.29, 0.717) is 50.1 Å². The molecule has 0 aliphatic carbocycles. The molecule has 6 N–H and O–H groups in total. The van der Waals surface area contributed by atoms with E-state index in [2.05, 4.69) is 85.6 Å². The Hall–Kier alpha value is -2.16. The Labute approximate surface area is 270 Å². The van der Waals surface area contributed by atoms with Crippen LogP contribution in [0.3, 0.4) is 0 Å². The van der Waals surface area contributed by atoms with E-state index in [1.165, 1.54) is 45.3 Å². The van der Waals surface area contributed by atoms with E-state index in [-0.39, 0.29) is 0 Å². The van der Waals surface area contributed by atoms with E-state index in [1.54, 1.807) is 13.8 Å². The summed E-state index contributed by atoms with van der Waals surface area (Å²) in [6.07, 6.45) is 1.38. The van der Waals surface area contributed by atoms with Gasteiger partial charge in [-0.15, -0.1) is 10.2 Å². The molecule has 0 aliphatic heterocycles. The highest BCUT2D eigenvalue weighted by molar-refractivity contribution is 7.74. The largest absolute Gasteiger partial charge is 0.414 e. The van der Waals surface area contributed by atoms with Crippen LogP contribution in [0.15, 0.2) is 8.83 Å². The van der Waals surface area contributed by atoms with Gasteiger partial charge < -0.3 is 8.83 Å². The van der Waals surface area contributed by atoms with E-state index in [1.807, 2.05) is 0 Å². The highest BCUT2D eigenvalue weighted by Crippen LogP contribution is 2.14. The summed E-state index contributed by atoms with van der Waals surface area (Å²) < 4.78 is 12.2. The maximum atomic E-state index is 4.91. The Morgan fingerprint density at radius 3 is 0.875 bits per heavy atom. The first-order valence-corrected chi connectivity index (χ1v) is 16.0. The second-order valence-corrected chi connectivity index (χ2v) is 14.4. The molecule has 6 rings (SSSR count). The van der Waals surface area contributed by atoms with Crippen LogP contribution in [0.4, 0.5) is 0 Å². The predicted molar refractivity (Wildman–Crippen MR) is 168 cm³/mol. The minimum atomic E-state index is 0.331. The summed E-state index contributed by atoms with van der Waals surface area (Å²) in [5.74, 6) is 1.15. The van der Waals surface area contributed by atoms with Crippen LogP contribution in [0.2, 0.25) is 0 Å². The van der Waals surface area contributed by atoms with Crippen molar-refractivity contribution in [2.24, 2.45) is 0 Å². The standard InChI is InChI=1S/2C5H4N4S4.2C3H4N2OS/c2*10-4-8-6-2(12-4)1-3-7-9-5(11)13-3;2*1-2-4-5-3(7)6-2/h2*1H2,(H,8,10)(H,9,11);2*1H3,(H,5,7). The summed E-state index contributed by atoms with van der Waals surface area (Å²) in [5.41, 5.74) is 0. The van der Waals surface area contributed by atoms with Crippen LogP contribution < -0.4 is 0 Å². The Morgan fingerprint density at radius 1 is 0.475 bits per heavy atom. The van der Waals surface area contributed by atoms with E-state index in [4.69, 9.17) is 57.7 Å². The molecular weight excluding hydrogens is 713 g/mol. The van der Waals surface area contributed by atoms with Gasteiger partial charge in [0.25, 0.3) is 9.67 Å². The van der Waals surface area contributed by atoms with Gasteiger partial charge in [0, 0.05) is 13.8 Å². The van der Waals surface area contributed by atoms with Crippen molar-refractivity contribution in [2.45, 2.75) is 26.7 Å². The molecular formula is C16H16N12O2S10. The average molecular weight is 729 g/mol. The molecule has 14 nitrogen and oxygen atoms in total. The molecule has 0 bridgehead atoms. The lowest BCUT2D eigenvalue weighted by Gasteiger charge is -1.85. The number of hydrogen-bond donors (Lipinski definition) is 6. The van der Waals surface area contributed by atoms with Gasteiger partial charge in [-0.3, -0.25) is 20.4 Å². The van der Waals surface area contributed by atoms with Crippen molar-refractivity contribution in [1.29, 1.82) is 0 Å². The number of nitrogens with one attached hydrogen (secondary N) is 6. The van der Waals surface area contributed by atoms with Gasteiger partial charge in [0.05, 0.1) is 12.8 Å². The van der Waals surface area contributed by atoms with E-state index in [9.17, 15) is 0 Å². The number of nitrogens with zero attached hydrogens (tertiary/aromatic N) is 6. The summed E-state index contributed by atoms with van der Waals surface area (Å²) in [7, 11) is 0. The van der Waals surface area contributed by atoms with Crippen molar-refractivity contribution in [1.82, 2.24) is 61.2 Å². The molecule has 6 heterocycles. The lowest BCUT2D eigenvalue weighted by Crippen LogP contribution is -1.85. The molecule has 6 aromatic heterocycles. The van der Waals surface area contributed by atoms with Gasteiger partial charge in [0.1, 0.15) is 20.0 Å². The highest BCUT2D eigenvalue weighted by Gasteiger charge is 2.04. The molecule has 0 radical (unpaired) electrons. The highest BCUT2D eigenvalue weighted by atomic mass is 32.2. The molecule has 0 spiro atoms. The monoisotopic (exact) mass is 728 g/mol. The van der Waals surface area contributed by atoms with E-state index < -0.39 is 0 Å². The summed E-state index contributed by atoms with van der Waals surface area (Å²) in [4.78, 5) is 0.662. The summed E-state index contributed by atoms with van der Waals surface area (Å²) in [6, 6.07) is 0. The molecule has 6 aromatic rings. The van der Waals surface area contributed by atoms with Crippen LogP contribution in [-0.2, 0) is 12.8 Å². The summed E-state index contributed by atoms with van der Waals surface area (Å²) in [6.45, 7) is 3.46. The van der Waals surface area contributed by atoms with Gasteiger partial charge in [-0.25, -0.2) is 10.2 Å². The summed E-state index contributed by atoms with van der Waals surface area (Å²) >= 11 is 34.6. The van der Waals surface area contributed by atoms with E-state index >= 15 is 0 Å². The van der Waals surface area contributed by atoms with Gasteiger partial charge in [0.2, 0.25) is 11.8 Å². The first-order chi connectivity index (χ1) is 19.0. The van der Waals surface area contributed by atoms with Crippen LogP contribution in [0.5, 0.6) is 0 Å². The maximum Gasteiger partial charge on any atom is 0.284 e. The molecule has 0 amide bonds. The van der Waals surface area contributed by atoms with Crippen LogP contribution in [0, 0.1) is 39.3 Å². The predicted octanol–water partition coefficient (Wildman–Crippen LogP) is 6.69. The average Bonchev–Trinajstić information content (AvgIpc) is 3.74. The Balaban J connectivity index is 0.000000153. The van der Waals surface area contributed by atoms with Crippen LogP contribution in [-0.4, -0.2) is 61.2 Å². The van der Waals surface area contributed by atoms with Crippen LogP contribution in [0.25, 0.3) is 0 Å². The zero-order valence-electron chi connectivity index (χ0n) is 20.0. The van der Waals surface area contributed by atoms with Gasteiger partial charge >= 0.3 is 0 Å². The molecule has 0 saturated heterocycles. The van der Waals surface area contributed by atoms with E-state index in [0.717, 1.165) is 20.0 Å². The zero-order chi connectivity index (χ0) is 29.1. The number of H-pyrrole nitrogens is 6. The number of aryl methyl sites for hydroxylation is 2. The number of aromatic nitrogens is 12. The number of rotatable bonds is 4. The zero-order valence-corrected chi connectivity index (χ0v) is 28.2. The van der Waals surface area contributed by atoms with Gasteiger partial charge in [-0.1, -0.05) is 45.3 Å². The molecule has 0 unspecified atom stereocenters. The summed E-state index contributed by atoms with van der Waals surface area (Å²) in [5, 5.41) is 42.9. The molecule has 0 saturated carbocycles. The Kier molecular flexibility index (Phi) is 13.2. The first-order valence-electron chi connectivity index (χ1n) is 10.3. The lowest BCUT2D eigenvalue weighted by atomic mass is 10.5. The third-order valence-electron chi connectivity index (χ3n) is 3.62. The fraction of sp³-hybridized carbons (Fsp3) is 0.250. The normalized spacial score (nSPS) is 10.1. The quantitative estimate of drug-likeness (QED) is 0.105. The molecule has 212 valence electrons. The number of hydrogen-bond acceptors (Lipinski definition) is 18. The fourth-order valence-corrected chi connectivity index (χ4v) is 6.49. The van der Waals surface area contributed by atoms with Crippen molar-refractivity contribution >= 4 is 119 Å². The van der Waals surface area contributed by atoms with Crippen molar-refractivity contribution in [2.75, 3.05) is 0 Å². The minimum absolute atomic E-state index is 0.331. The van der Waals surface area contributed by atoms with Gasteiger partial charge in [-0.05, 0) is 73.3 Å². The Bertz CT molecular complexity index is 1720. The molecule has 0 atom stereocenters. The SMILES string of the molecule is Cc1n[nH]c(=S)o1.Cc1n[nH]c(=S)o1.S=c1[nH]nc(Cc2n[nH]c(=S)s2)s1.S=c1[nH]nc(Cc2n[nH]c(=S)s2)s1. The second-order valence-electron chi connectivity index (χ2n) is 6.65. The molecule has 0 aliphatic rings. The van der Waals surface area contributed by atoms with Gasteiger partial charge in [0.15, 0.2) is 15.8 Å². The van der Waals surface area contributed by atoms with Crippen molar-refractivity contribution in [3.8, 4) is 0 Å². The minimum Gasteiger partial charge on any atom is -0.414 e. The first kappa shape index (κ1) is 32.4. The molecule has 40 heavy (non-hydrogen) atoms. The van der Waals surface area contributed by atoms with Gasteiger partial charge in [-0.2, -0.15) is 20.4 Å². The molecule has 0 aromatic carbocycles. The second kappa shape index (κ2) is 16.3. The van der Waals surface area contributed by atoms with Crippen molar-refractivity contribution in [3.05, 3.63) is 57.3 Å². The maximum absolute atomic E-state index is 4.91. The molecule has 24 heteroatoms.